The van der Waals surface area contributed by atoms with Crippen LogP contribution in [0.2, 0.25) is 0 Å². The Labute approximate surface area is 291 Å². The van der Waals surface area contributed by atoms with Gasteiger partial charge < -0.3 is 15.1 Å². The van der Waals surface area contributed by atoms with Gasteiger partial charge in [0.05, 0.1) is 0 Å². The number of hydrogen-bond donors (Lipinski definition) is 2. The zero-order chi connectivity index (χ0) is 35.3. The number of hydrogen-bond acceptors (Lipinski definition) is 8. The number of pyridine rings is 2. The first kappa shape index (κ1) is 38.0. The van der Waals surface area contributed by atoms with Crippen molar-refractivity contribution >= 4 is 17.5 Å². The molecule has 2 aliphatic heterocycles. The summed E-state index contributed by atoms with van der Waals surface area (Å²) in [6.07, 6.45) is 6.38. The van der Waals surface area contributed by atoms with Gasteiger partial charge in [-0.15, -0.1) is 0 Å². The average Bonchev–Trinajstić information content (AvgIpc) is 3.12. The van der Waals surface area contributed by atoms with Gasteiger partial charge in [0.1, 0.15) is 13.2 Å². The number of aromatic nitrogens is 2. The lowest BCUT2D eigenvalue weighted by atomic mass is 10.0. The van der Waals surface area contributed by atoms with Crippen LogP contribution in [0.3, 0.4) is 0 Å². The van der Waals surface area contributed by atoms with Crippen molar-refractivity contribution in [3.05, 3.63) is 93.6 Å². The maximum Gasteiger partial charge on any atom is 0.222 e. The Morgan fingerprint density at radius 1 is 0.694 bits per heavy atom. The molecule has 9 heteroatoms. The largest absolute Gasteiger partial charge is 0.389 e. The molecular weight excluding hydrogens is 616 g/mol. The van der Waals surface area contributed by atoms with E-state index in [-0.39, 0.29) is 24.1 Å². The highest BCUT2D eigenvalue weighted by atomic mass is 16.3. The Morgan fingerprint density at radius 3 is 1.84 bits per heavy atom. The van der Waals surface area contributed by atoms with E-state index in [9.17, 15) is 14.4 Å². The molecule has 2 N–H and O–H groups in total. The standard InChI is InChI=1S/C20H30N2O3.C20H24N2O2/c1-15(2)18-10-9-16-13-22(12-11-19(16)21-18)20(25)8-6-4-3-5-7-17(24)14-23;1-14(2)18-8-7-17-12-22(10-9-19(17)21-18)11-15-3-5-16(6-4-15)20(24)13-23/h9-10,15,23H,3-8,11-14H2,1-2H3;3-8,14,23H,9-13H2,1-2H3. The molecule has 0 saturated carbocycles. The number of unbranched alkanes of at least 4 members (excludes halogenated alkanes) is 3. The number of aliphatic hydroxyl groups excluding tert-OH is 2. The van der Waals surface area contributed by atoms with Gasteiger partial charge in [-0.3, -0.25) is 29.3 Å². The van der Waals surface area contributed by atoms with Crippen LogP contribution in [0.4, 0.5) is 0 Å². The first-order valence-corrected chi connectivity index (χ1v) is 17.9. The number of aliphatic hydroxyl groups is 2. The number of rotatable bonds is 14. The maximum absolute atomic E-state index is 12.4. The molecule has 0 aliphatic carbocycles. The highest BCUT2D eigenvalue weighted by Crippen LogP contribution is 2.23. The summed E-state index contributed by atoms with van der Waals surface area (Å²) in [7, 11) is 0. The van der Waals surface area contributed by atoms with Gasteiger partial charge >= 0.3 is 0 Å². The zero-order valence-electron chi connectivity index (χ0n) is 29.8. The molecule has 0 radical (unpaired) electrons. The Hall–Kier alpha value is -3.79. The Morgan fingerprint density at radius 2 is 1.27 bits per heavy atom. The topological polar surface area (TPSA) is 124 Å². The van der Waals surface area contributed by atoms with E-state index in [1.807, 2.05) is 17.0 Å². The van der Waals surface area contributed by atoms with E-state index in [0.29, 0.717) is 36.8 Å². The number of amides is 1. The van der Waals surface area contributed by atoms with E-state index in [4.69, 9.17) is 20.2 Å². The number of carbonyl (C=O) groups excluding carboxylic acids is 3. The van der Waals surface area contributed by atoms with Crippen molar-refractivity contribution in [2.45, 2.75) is 111 Å². The quantitative estimate of drug-likeness (QED) is 0.160. The zero-order valence-corrected chi connectivity index (χ0v) is 29.8. The lowest BCUT2D eigenvalue weighted by Gasteiger charge is -2.29. The molecule has 4 heterocycles. The van der Waals surface area contributed by atoms with Crippen LogP contribution in [0.15, 0.2) is 48.5 Å². The van der Waals surface area contributed by atoms with Crippen LogP contribution in [0.1, 0.15) is 128 Å². The predicted molar refractivity (Wildman–Crippen MR) is 191 cm³/mol. The second kappa shape index (κ2) is 18.8. The molecule has 0 fully saturated rings. The molecule has 9 nitrogen and oxygen atoms in total. The molecule has 1 amide bonds. The third-order valence-corrected chi connectivity index (χ3v) is 9.35. The molecule has 0 atom stereocenters. The molecule has 0 unspecified atom stereocenters. The number of ketones is 2. The van der Waals surface area contributed by atoms with E-state index >= 15 is 0 Å². The normalized spacial score (nSPS) is 14.2. The average molecular weight is 671 g/mol. The van der Waals surface area contributed by atoms with E-state index in [1.165, 1.54) is 28.1 Å². The predicted octanol–water partition coefficient (Wildman–Crippen LogP) is 5.93. The second-order valence-corrected chi connectivity index (χ2v) is 13.9. The van der Waals surface area contributed by atoms with Crippen LogP contribution in [-0.2, 0) is 42.1 Å². The minimum atomic E-state index is -0.437. The minimum absolute atomic E-state index is 0.0997. The first-order chi connectivity index (χ1) is 23.6. The van der Waals surface area contributed by atoms with Crippen molar-refractivity contribution in [1.82, 2.24) is 19.8 Å². The molecular formula is C40H54N4O5. The van der Waals surface area contributed by atoms with Crippen molar-refractivity contribution in [2.24, 2.45) is 0 Å². The van der Waals surface area contributed by atoms with Crippen LogP contribution in [-0.4, -0.2) is 73.8 Å². The van der Waals surface area contributed by atoms with Crippen molar-refractivity contribution in [2.75, 3.05) is 26.3 Å². The molecule has 0 bridgehead atoms. The van der Waals surface area contributed by atoms with Crippen molar-refractivity contribution in [1.29, 1.82) is 0 Å². The first-order valence-electron chi connectivity index (χ1n) is 17.9. The van der Waals surface area contributed by atoms with Crippen LogP contribution >= 0.6 is 0 Å². The number of nitrogens with zero attached hydrogens (tertiary/aromatic N) is 4. The van der Waals surface area contributed by atoms with Crippen molar-refractivity contribution < 1.29 is 24.6 Å². The highest BCUT2D eigenvalue weighted by molar-refractivity contribution is 5.96. The lowest BCUT2D eigenvalue weighted by molar-refractivity contribution is -0.132. The Bertz CT molecular complexity index is 1550. The summed E-state index contributed by atoms with van der Waals surface area (Å²) >= 11 is 0. The molecule has 0 spiro atoms. The van der Waals surface area contributed by atoms with Gasteiger partial charge in [-0.2, -0.15) is 0 Å². The van der Waals surface area contributed by atoms with Crippen LogP contribution < -0.4 is 0 Å². The van der Waals surface area contributed by atoms with Crippen molar-refractivity contribution in [3.63, 3.8) is 0 Å². The lowest BCUT2D eigenvalue weighted by Crippen LogP contribution is -2.36. The molecule has 3 aromatic rings. The van der Waals surface area contributed by atoms with Crippen LogP contribution in [0, 0.1) is 0 Å². The Balaban J connectivity index is 0.000000221. The summed E-state index contributed by atoms with van der Waals surface area (Å²) in [6, 6.07) is 16.1. The number of carbonyl (C=O) groups is 3. The minimum Gasteiger partial charge on any atom is -0.389 e. The van der Waals surface area contributed by atoms with Gasteiger partial charge in [-0.1, -0.05) is 76.9 Å². The van der Waals surface area contributed by atoms with E-state index in [1.54, 1.807) is 12.1 Å². The summed E-state index contributed by atoms with van der Waals surface area (Å²) in [5.41, 5.74) is 8.91. The van der Waals surface area contributed by atoms with Crippen LogP contribution in [0.5, 0.6) is 0 Å². The summed E-state index contributed by atoms with van der Waals surface area (Å²) in [5.74, 6) is 0.772. The molecule has 0 saturated heterocycles. The summed E-state index contributed by atoms with van der Waals surface area (Å²) in [6.45, 7) is 12.0. The summed E-state index contributed by atoms with van der Waals surface area (Å²) < 4.78 is 0. The molecule has 2 aliphatic rings. The van der Waals surface area contributed by atoms with Gasteiger partial charge in [-0.25, -0.2) is 0 Å². The van der Waals surface area contributed by atoms with E-state index < -0.39 is 6.61 Å². The molecule has 5 rings (SSSR count). The van der Waals surface area contributed by atoms with E-state index in [0.717, 1.165) is 76.1 Å². The van der Waals surface area contributed by atoms with Crippen molar-refractivity contribution in [3.8, 4) is 0 Å². The van der Waals surface area contributed by atoms with Gasteiger partial charge in [0, 0.05) is 86.7 Å². The number of Topliss-reactive ketones (excluding diaryl/α,β-unsaturated/α-hetero) is 2. The second-order valence-electron chi connectivity index (χ2n) is 13.9. The third-order valence-electron chi connectivity index (χ3n) is 9.35. The molecule has 2 aromatic heterocycles. The monoisotopic (exact) mass is 670 g/mol. The summed E-state index contributed by atoms with van der Waals surface area (Å²) in [4.78, 5) is 48.7. The number of benzene rings is 1. The fourth-order valence-corrected chi connectivity index (χ4v) is 6.25. The van der Waals surface area contributed by atoms with Gasteiger partial charge in [0.25, 0.3) is 0 Å². The number of fused-ring (bicyclic) bond motifs is 2. The molecule has 49 heavy (non-hydrogen) atoms. The van der Waals surface area contributed by atoms with Crippen LogP contribution in [0.25, 0.3) is 0 Å². The maximum atomic E-state index is 12.4. The van der Waals surface area contributed by atoms with Gasteiger partial charge in [-0.05, 0) is 53.5 Å². The smallest absolute Gasteiger partial charge is 0.222 e. The fourth-order valence-electron chi connectivity index (χ4n) is 6.25. The molecule has 1 aromatic carbocycles. The fraction of sp³-hybridized carbons (Fsp3) is 0.525. The third kappa shape index (κ3) is 11.4. The van der Waals surface area contributed by atoms with E-state index in [2.05, 4.69) is 56.9 Å². The Kier molecular flexibility index (Phi) is 14.6. The summed E-state index contributed by atoms with van der Waals surface area (Å²) in [5, 5.41) is 17.6. The molecule has 264 valence electrons. The van der Waals surface area contributed by atoms with Gasteiger partial charge in [0.15, 0.2) is 11.6 Å². The highest BCUT2D eigenvalue weighted by Gasteiger charge is 2.22. The van der Waals surface area contributed by atoms with Gasteiger partial charge in [0.2, 0.25) is 5.91 Å². The SMILES string of the molecule is CC(C)c1ccc2c(n1)CCN(C(=O)CCCCCCC(=O)CO)C2.CC(C)c1ccc2c(n1)CCN(Cc1ccc(C(=O)CO)cc1)C2.